The maximum atomic E-state index is 12.7. The summed E-state index contributed by atoms with van der Waals surface area (Å²) in [5.41, 5.74) is 0.714. The number of aliphatic hydroxyl groups is 1. The lowest BCUT2D eigenvalue weighted by Gasteiger charge is -2.10. The lowest BCUT2D eigenvalue weighted by atomic mass is 10.1. The first-order valence-electron chi connectivity index (χ1n) is 5.47. The fourth-order valence-electron chi connectivity index (χ4n) is 1.51. The van der Waals surface area contributed by atoms with Gasteiger partial charge in [-0.3, -0.25) is 0 Å². The Kier molecular flexibility index (Phi) is 4.64. The molecule has 18 heavy (non-hydrogen) atoms. The number of benzene rings is 2. The second-order valence-corrected chi connectivity index (χ2v) is 5.37. The maximum absolute atomic E-state index is 12.7. The van der Waals surface area contributed by atoms with Gasteiger partial charge in [0.15, 0.2) is 0 Å². The van der Waals surface area contributed by atoms with Crippen molar-refractivity contribution in [2.24, 2.45) is 0 Å². The molecular weight excluding hydrogens is 271 g/mol. The lowest BCUT2D eigenvalue weighted by molar-refractivity contribution is 0.204. The molecule has 0 saturated carbocycles. The van der Waals surface area contributed by atoms with E-state index in [1.54, 1.807) is 12.1 Å². The summed E-state index contributed by atoms with van der Waals surface area (Å²) in [6, 6.07) is 13.4. The molecular formula is C14H12ClFOS. The van der Waals surface area contributed by atoms with Crippen LogP contribution in [0.15, 0.2) is 53.4 Å². The van der Waals surface area contributed by atoms with Crippen LogP contribution in [0.2, 0.25) is 5.02 Å². The summed E-state index contributed by atoms with van der Waals surface area (Å²) in [7, 11) is 0. The molecule has 1 nitrogen and oxygen atoms in total. The van der Waals surface area contributed by atoms with Gasteiger partial charge < -0.3 is 5.11 Å². The average Bonchev–Trinajstić information content (AvgIpc) is 2.37. The minimum absolute atomic E-state index is 0.298. The van der Waals surface area contributed by atoms with Crippen molar-refractivity contribution in [2.75, 3.05) is 5.75 Å². The van der Waals surface area contributed by atoms with Gasteiger partial charge in [0, 0.05) is 15.7 Å². The van der Waals surface area contributed by atoms with Crippen LogP contribution in [0.25, 0.3) is 0 Å². The van der Waals surface area contributed by atoms with Gasteiger partial charge in [0.25, 0.3) is 0 Å². The molecule has 0 amide bonds. The van der Waals surface area contributed by atoms with Gasteiger partial charge in [-0.15, -0.1) is 11.8 Å². The zero-order valence-electron chi connectivity index (χ0n) is 9.51. The molecule has 0 radical (unpaired) electrons. The van der Waals surface area contributed by atoms with E-state index >= 15 is 0 Å². The van der Waals surface area contributed by atoms with Crippen LogP contribution >= 0.6 is 23.4 Å². The molecule has 4 heteroatoms. The molecule has 1 atom stereocenters. The molecule has 2 aromatic rings. The van der Waals surface area contributed by atoms with E-state index in [1.165, 1.54) is 23.9 Å². The smallest absolute Gasteiger partial charge is 0.123 e. The monoisotopic (exact) mass is 282 g/mol. The normalized spacial score (nSPS) is 12.4. The molecule has 2 aromatic carbocycles. The third-order valence-corrected chi connectivity index (χ3v) is 3.76. The average molecular weight is 283 g/mol. The van der Waals surface area contributed by atoms with Gasteiger partial charge in [0.2, 0.25) is 0 Å². The summed E-state index contributed by atoms with van der Waals surface area (Å²) in [6.07, 6.45) is -0.616. The Bertz CT molecular complexity index is 515. The third-order valence-electron chi connectivity index (χ3n) is 2.46. The van der Waals surface area contributed by atoms with Crippen LogP contribution in [-0.2, 0) is 0 Å². The van der Waals surface area contributed by atoms with Crippen LogP contribution in [0.1, 0.15) is 11.7 Å². The summed E-state index contributed by atoms with van der Waals surface area (Å²) >= 11 is 7.39. The van der Waals surface area contributed by atoms with Crippen molar-refractivity contribution in [3.05, 3.63) is 64.9 Å². The Labute approximate surface area is 115 Å². The largest absolute Gasteiger partial charge is 0.388 e. The van der Waals surface area contributed by atoms with Crippen molar-refractivity contribution < 1.29 is 9.50 Å². The summed E-state index contributed by atoms with van der Waals surface area (Å²) in [5.74, 6) is 0.208. The molecule has 1 unspecified atom stereocenters. The number of hydrogen-bond donors (Lipinski definition) is 1. The Balaban J connectivity index is 1.96. The Morgan fingerprint density at radius 1 is 1.17 bits per heavy atom. The molecule has 0 aromatic heterocycles. The van der Waals surface area contributed by atoms with Crippen LogP contribution in [0.3, 0.4) is 0 Å². The van der Waals surface area contributed by atoms with Gasteiger partial charge >= 0.3 is 0 Å². The molecule has 0 aliphatic carbocycles. The van der Waals surface area contributed by atoms with E-state index in [9.17, 15) is 9.50 Å². The molecule has 0 aliphatic rings. The lowest BCUT2D eigenvalue weighted by Crippen LogP contribution is -2.00. The summed E-state index contributed by atoms with van der Waals surface area (Å²) in [4.78, 5) is 1.00. The van der Waals surface area contributed by atoms with E-state index in [0.29, 0.717) is 16.3 Å². The summed E-state index contributed by atoms with van der Waals surface area (Å²) in [6.45, 7) is 0. The number of aliphatic hydroxyl groups excluding tert-OH is 1. The van der Waals surface area contributed by atoms with Crippen molar-refractivity contribution in [2.45, 2.75) is 11.0 Å². The fraction of sp³-hybridized carbons (Fsp3) is 0.143. The van der Waals surface area contributed by atoms with E-state index in [2.05, 4.69) is 0 Å². The molecule has 94 valence electrons. The van der Waals surface area contributed by atoms with Crippen LogP contribution in [0.5, 0.6) is 0 Å². The second-order valence-electron chi connectivity index (χ2n) is 3.84. The highest BCUT2D eigenvalue weighted by Gasteiger charge is 2.08. The minimum atomic E-state index is -0.616. The van der Waals surface area contributed by atoms with E-state index in [-0.39, 0.29) is 5.82 Å². The van der Waals surface area contributed by atoms with E-state index in [0.717, 1.165) is 4.90 Å². The summed E-state index contributed by atoms with van der Waals surface area (Å²) in [5, 5.41) is 10.6. The van der Waals surface area contributed by atoms with E-state index < -0.39 is 6.10 Å². The fourth-order valence-corrected chi connectivity index (χ4v) is 2.70. The Morgan fingerprint density at radius 2 is 1.89 bits per heavy atom. The number of hydrogen-bond acceptors (Lipinski definition) is 2. The van der Waals surface area contributed by atoms with Crippen molar-refractivity contribution in [3.8, 4) is 0 Å². The zero-order valence-corrected chi connectivity index (χ0v) is 11.1. The quantitative estimate of drug-likeness (QED) is 0.844. The first-order chi connectivity index (χ1) is 8.65. The molecule has 0 aliphatic heterocycles. The predicted octanol–water partition coefficient (Wildman–Crippen LogP) is 4.30. The van der Waals surface area contributed by atoms with Crippen LogP contribution in [0, 0.1) is 5.82 Å². The topological polar surface area (TPSA) is 20.2 Å². The third kappa shape index (κ3) is 3.73. The predicted molar refractivity (Wildman–Crippen MR) is 73.5 cm³/mol. The van der Waals surface area contributed by atoms with Gasteiger partial charge in [0.1, 0.15) is 5.82 Å². The molecule has 0 spiro atoms. The Morgan fingerprint density at radius 3 is 2.56 bits per heavy atom. The van der Waals surface area contributed by atoms with Crippen molar-refractivity contribution in [1.29, 1.82) is 0 Å². The number of halogens is 2. The van der Waals surface area contributed by atoms with Gasteiger partial charge in [0.05, 0.1) is 6.10 Å². The first kappa shape index (κ1) is 13.4. The summed E-state index contributed by atoms with van der Waals surface area (Å²) < 4.78 is 12.7. The van der Waals surface area contributed by atoms with Gasteiger partial charge in [-0.1, -0.05) is 29.8 Å². The molecule has 2 rings (SSSR count). The molecule has 0 fully saturated rings. The number of thioether (sulfide) groups is 1. The maximum Gasteiger partial charge on any atom is 0.123 e. The van der Waals surface area contributed by atoms with Crippen LogP contribution in [-0.4, -0.2) is 10.9 Å². The number of rotatable bonds is 4. The second kappa shape index (κ2) is 6.23. The molecule has 0 bridgehead atoms. The van der Waals surface area contributed by atoms with E-state index in [1.807, 2.05) is 24.3 Å². The van der Waals surface area contributed by atoms with Crippen molar-refractivity contribution in [3.63, 3.8) is 0 Å². The zero-order chi connectivity index (χ0) is 13.0. The van der Waals surface area contributed by atoms with Crippen molar-refractivity contribution in [1.82, 2.24) is 0 Å². The highest BCUT2D eigenvalue weighted by molar-refractivity contribution is 7.99. The highest BCUT2D eigenvalue weighted by atomic mass is 35.5. The van der Waals surface area contributed by atoms with Gasteiger partial charge in [-0.2, -0.15) is 0 Å². The first-order valence-corrected chi connectivity index (χ1v) is 6.83. The van der Waals surface area contributed by atoms with Crippen LogP contribution < -0.4 is 0 Å². The van der Waals surface area contributed by atoms with Crippen LogP contribution in [0.4, 0.5) is 4.39 Å². The minimum Gasteiger partial charge on any atom is -0.388 e. The van der Waals surface area contributed by atoms with Gasteiger partial charge in [-0.05, 0) is 35.9 Å². The molecule has 0 saturated heterocycles. The highest BCUT2D eigenvalue weighted by Crippen LogP contribution is 2.26. The Hall–Kier alpha value is -1.03. The standard InChI is InChI=1S/C14H12ClFOS/c15-11-2-1-3-13(8-11)18-9-14(17)10-4-6-12(16)7-5-10/h1-8,14,17H,9H2. The van der Waals surface area contributed by atoms with Crippen molar-refractivity contribution >= 4 is 23.4 Å². The van der Waals surface area contributed by atoms with E-state index in [4.69, 9.17) is 11.6 Å². The molecule has 0 heterocycles. The van der Waals surface area contributed by atoms with Gasteiger partial charge in [-0.25, -0.2) is 4.39 Å². The SMILES string of the molecule is OC(CSc1cccc(Cl)c1)c1ccc(F)cc1. The molecule has 1 N–H and O–H groups in total.